The summed E-state index contributed by atoms with van der Waals surface area (Å²) in [6.07, 6.45) is 3.49. The summed E-state index contributed by atoms with van der Waals surface area (Å²) in [5.41, 5.74) is 1.20. The zero-order chi connectivity index (χ0) is 12.8. The van der Waals surface area contributed by atoms with Gasteiger partial charge in [0.15, 0.2) is 0 Å². The SMILES string of the molecule is CC(c1cccs1)N(C)CCNCc1ccoc1. The number of furan rings is 1. The Labute approximate surface area is 112 Å². The summed E-state index contributed by atoms with van der Waals surface area (Å²) in [5.74, 6) is 0. The normalized spacial score (nSPS) is 13.1. The summed E-state index contributed by atoms with van der Waals surface area (Å²) in [6.45, 7) is 5.15. The van der Waals surface area contributed by atoms with Crippen LogP contribution in [-0.2, 0) is 6.54 Å². The fourth-order valence-electron chi connectivity index (χ4n) is 1.82. The molecule has 0 aliphatic rings. The van der Waals surface area contributed by atoms with Gasteiger partial charge in [-0.25, -0.2) is 0 Å². The van der Waals surface area contributed by atoms with Gasteiger partial charge in [0.2, 0.25) is 0 Å². The van der Waals surface area contributed by atoms with E-state index in [0.29, 0.717) is 6.04 Å². The maximum atomic E-state index is 5.03. The van der Waals surface area contributed by atoms with Gasteiger partial charge in [0.05, 0.1) is 12.5 Å². The number of hydrogen-bond donors (Lipinski definition) is 1. The predicted molar refractivity (Wildman–Crippen MR) is 75.8 cm³/mol. The van der Waals surface area contributed by atoms with Gasteiger partial charge in [0, 0.05) is 36.1 Å². The molecule has 0 aliphatic heterocycles. The highest BCUT2D eigenvalue weighted by atomic mass is 32.1. The maximum Gasteiger partial charge on any atom is 0.0947 e. The minimum absolute atomic E-state index is 0.487. The van der Waals surface area contributed by atoms with Crippen molar-refractivity contribution < 1.29 is 4.42 Å². The van der Waals surface area contributed by atoms with Crippen LogP contribution in [0.5, 0.6) is 0 Å². The fraction of sp³-hybridized carbons (Fsp3) is 0.429. The minimum atomic E-state index is 0.487. The van der Waals surface area contributed by atoms with Crippen LogP contribution in [-0.4, -0.2) is 25.0 Å². The lowest BCUT2D eigenvalue weighted by Crippen LogP contribution is -2.30. The van der Waals surface area contributed by atoms with Crippen molar-refractivity contribution in [1.29, 1.82) is 0 Å². The number of nitrogens with one attached hydrogen (secondary N) is 1. The Morgan fingerprint density at radius 3 is 3.00 bits per heavy atom. The lowest BCUT2D eigenvalue weighted by Gasteiger charge is -2.23. The standard InChI is InChI=1S/C14H20N2OS/c1-12(14-4-3-9-18-14)16(2)7-6-15-10-13-5-8-17-11-13/h3-5,8-9,11-12,15H,6-7,10H2,1-2H3. The first-order valence-corrected chi connectivity index (χ1v) is 7.11. The minimum Gasteiger partial charge on any atom is -0.472 e. The van der Waals surface area contributed by atoms with E-state index in [1.54, 1.807) is 12.5 Å². The van der Waals surface area contributed by atoms with Gasteiger partial charge < -0.3 is 9.73 Å². The topological polar surface area (TPSA) is 28.4 Å². The van der Waals surface area contributed by atoms with Crippen molar-refractivity contribution in [2.24, 2.45) is 0 Å². The van der Waals surface area contributed by atoms with Crippen LogP contribution in [0.3, 0.4) is 0 Å². The van der Waals surface area contributed by atoms with Gasteiger partial charge in [-0.3, -0.25) is 4.90 Å². The van der Waals surface area contributed by atoms with Crippen LogP contribution in [0.4, 0.5) is 0 Å². The van der Waals surface area contributed by atoms with Gasteiger partial charge in [-0.2, -0.15) is 0 Å². The molecule has 1 atom stereocenters. The van der Waals surface area contributed by atoms with Crippen LogP contribution in [0.2, 0.25) is 0 Å². The molecule has 3 nitrogen and oxygen atoms in total. The van der Waals surface area contributed by atoms with Crippen molar-refractivity contribution in [2.45, 2.75) is 19.5 Å². The lowest BCUT2D eigenvalue weighted by atomic mass is 10.2. The van der Waals surface area contributed by atoms with E-state index in [0.717, 1.165) is 19.6 Å². The molecule has 0 bridgehead atoms. The third-order valence-electron chi connectivity index (χ3n) is 3.17. The molecule has 0 radical (unpaired) electrons. The summed E-state index contributed by atoms with van der Waals surface area (Å²) in [7, 11) is 2.17. The van der Waals surface area contributed by atoms with Crippen LogP contribution in [0.1, 0.15) is 23.4 Å². The Morgan fingerprint density at radius 2 is 2.33 bits per heavy atom. The number of nitrogens with zero attached hydrogens (tertiary/aromatic N) is 1. The van der Waals surface area contributed by atoms with Gasteiger partial charge in [-0.15, -0.1) is 11.3 Å². The molecule has 4 heteroatoms. The Bertz CT molecular complexity index is 425. The molecular weight excluding hydrogens is 244 g/mol. The van der Waals surface area contributed by atoms with Gasteiger partial charge in [-0.05, 0) is 31.5 Å². The molecule has 18 heavy (non-hydrogen) atoms. The molecule has 0 aliphatic carbocycles. The zero-order valence-electron chi connectivity index (χ0n) is 10.9. The quantitative estimate of drug-likeness (QED) is 0.779. The molecule has 1 unspecified atom stereocenters. The Hall–Kier alpha value is -1.10. The molecule has 0 amide bonds. The Kier molecular flexibility index (Phi) is 4.99. The smallest absolute Gasteiger partial charge is 0.0947 e. The Balaban J connectivity index is 1.67. The molecule has 1 N–H and O–H groups in total. The molecule has 0 spiro atoms. The van der Waals surface area contributed by atoms with Crippen molar-refractivity contribution in [3.63, 3.8) is 0 Å². The molecule has 2 aromatic heterocycles. The van der Waals surface area contributed by atoms with Gasteiger partial charge in [0.25, 0.3) is 0 Å². The van der Waals surface area contributed by atoms with Crippen LogP contribution in [0, 0.1) is 0 Å². The number of rotatable bonds is 7. The first kappa shape index (κ1) is 13.3. The monoisotopic (exact) mass is 264 g/mol. The highest BCUT2D eigenvalue weighted by Crippen LogP contribution is 2.22. The second-order valence-corrected chi connectivity index (χ2v) is 5.46. The van der Waals surface area contributed by atoms with E-state index in [4.69, 9.17) is 4.42 Å². The second kappa shape index (κ2) is 6.73. The fourth-order valence-corrected chi connectivity index (χ4v) is 2.67. The van der Waals surface area contributed by atoms with Crippen LogP contribution in [0.15, 0.2) is 40.5 Å². The van der Waals surface area contributed by atoms with Crippen LogP contribution < -0.4 is 5.32 Å². The Morgan fingerprint density at radius 1 is 1.44 bits per heavy atom. The summed E-state index contributed by atoms with van der Waals surface area (Å²) in [5, 5.41) is 5.56. The van der Waals surface area contributed by atoms with E-state index in [9.17, 15) is 0 Å². The van der Waals surface area contributed by atoms with Crippen molar-refractivity contribution in [2.75, 3.05) is 20.1 Å². The molecule has 0 saturated heterocycles. The van der Waals surface area contributed by atoms with E-state index in [1.165, 1.54) is 10.4 Å². The van der Waals surface area contributed by atoms with E-state index in [1.807, 2.05) is 17.4 Å². The third-order valence-corrected chi connectivity index (χ3v) is 4.21. The number of likely N-dealkylation sites (N-methyl/N-ethyl adjacent to an activating group) is 1. The van der Waals surface area contributed by atoms with Gasteiger partial charge >= 0.3 is 0 Å². The average Bonchev–Trinajstić information content (AvgIpc) is 3.05. The summed E-state index contributed by atoms with van der Waals surface area (Å²) >= 11 is 1.82. The van der Waals surface area contributed by atoms with Crippen molar-refractivity contribution >= 4 is 11.3 Å². The van der Waals surface area contributed by atoms with Crippen molar-refractivity contribution in [3.8, 4) is 0 Å². The van der Waals surface area contributed by atoms with E-state index in [2.05, 4.69) is 41.7 Å². The molecule has 2 heterocycles. The van der Waals surface area contributed by atoms with Gasteiger partial charge in [-0.1, -0.05) is 6.07 Å². The van der Waals surface area contributed by atoms with Gasteiger partial charge in [0.1, 0.15) is 0 Å². The van der Waals surface area contributed by atoms with E-state index < -0.39 is 0 Å². The highest BCUT2D eigenvalue weighted by Gasteiger charge is 2.11. The van der Waals surface area contributed by atoms with Crippen LogP contribution >= 0.6 is 11.3 Å². The summed E-state index contributed by atoms with van der Waals surface area (Å²) in [4.78, 5) is 3.79. The molecule has 0 aromatic carbocycles. The molecule has 0 saturated carbocycles. The second-order valence-electron chi connectivity index (χ2n) is 4.48. The maximum absolute atomic E-state index is 5.03. The molecule has 2 rings (SSSR count). The summed E-state index contributed by atoms with van der Waals surface area (Å²) in [6, 6.07) is 6.79. The molecule has 98 valence electrons. The molecule has 0 fully saturated rings. The zero-order valence-corrected chi connectivity index (χ0v) is 11.7. The van der Waals surface area contributed by atoms with Crippen LogP contribution in [0.25, 0.3) is 0 Å². The molecule has 2 aromatic rings. The third kappa shape index (κ3) is 3.70. The predicted octanol–water partition coefficient (Wildman–Crippen LogP) is 3.12. The number of thiophene rings is 1. The first-order chi connectivity index (χ1) is 8.77. The molecular formula is C14H20N2OS. The largest absolute Gasteiger partial charge is 0.472 e. The first-order valence-electron chi connectivity index (χ1n) is 6.23. The van der Waals surface area contributed by atoms with Crippen molar-refractivity contribution in [1.82, 2.24) is 10.2 Å². The lowest BCUT2D eigenvalue weighted by molar-refractivity contribution is 0.264. The van der Waals surface area contributed by atoms with Crippen molar-refractivity contribution in [3.05, 3.63) is 46.5 Å². The average molecular weight is 264 g/mol. The van der Waals surface area contributed by atoms with E-state index in [-0.39, 0.29) is 0 Å². The van der Waals surface area contributed by atoms with E-state index >= 15 is 0 Å². The highest BCUT2D eigenvalue weighted by molar-refractivity contribution is 7.10. The number of hydrogen-bond acceptors (Lipinski definition) is 4. The summed E-state index contributed by atoms with van der Waals surface area (Å²) < 4.78 is 5.03.